The summed E-state index contributed by atoms with van der Waals surface area (Å²) in [5.41, 5.74) is 1.22. The molecule has 6 nitrogen and oxygen atoms in total. The van der Waals surface area contributed by atoms with Crippen LogP contribution in [0.3, 0.4) is 0 Å². The number of nitrogens with one attached hydrogen (secondary N) is 1. The van der Waals surface area contributed by atoms with Crippen LogP contribution in [0.15, 0.2) is 44.6 Å². The van der Waals surface area contributed by atoms with E-state index < -0.39 is 5.25 Å². The average Bonchev–Trinajstić information content (AvgIpc) is 3.18. The van der Waals surface area contributed by atoms with E-state index in [9.17, 15) is 4.79 Å². The van der Waals surface area contributed by atoms with Gasteiger partial charge in [-0.2, -0.15) is 0 Å². The number of carbonyl (C=O) groups excluding carboxylic acids is 1. The molecule has 0 aliphatic heterocycles. The first-order chi connectivity index (χ1) is 11.9. The number of hydrogen-bond donors (Lipinski definition) is 1. The molecule has 2 heterocycles. The second-order valence-electron chi connectivity index (χ2n) is 5.14. The maximum Gasteiger partial charge on any atom is 0.277 e. The molecule has 0 saturated heterocycles. The number of amides is 1. The Labute approximate surface area is 157 Å². The predicted octanol–water partition coefficient (Wildman–Crippen LogP) is 5.06. The number of furan rings is 1. The lowest BCUT2D eigenvalue weighted by molar-refractivity contribution is -0.115. The second kappa shape index (κ2) is 7.51. The van der Waals surface area contributed by atoms with Gasteiger partial charge < -0.3 is 14.2 Å². The maximum absolute atomic E-state index is 12.3. The summed E-state index contributed by atoms with van der Waals surface area (Å²) in [7, 11) is 0. The number of anilines is 1. The molecule has 130 valence electrons. The molecule has 1 atom stereocenters. The Morgan fingerprint density at radius 1 is 1.28 bits per heavy atom. The summed E-state index contributed by atoms with van der Waals surface area (Å²) in [6, 6.07) is 6.61. The van der Waals surface area contributed by atoms with E-state index >= 15 is 0 Å². The molecule has 0 spiro atoms. The van der Waals surface area contributed by atoms with Gasteiger partial charge in [0.1, 0.15) is 5.76 Å². The van der Waals surface area contributed by atoms with Crippen molar-refractivity contribution in [3.63, 3.8) is 0 Å². The Balaban J connectivity index is 1.66. The van der Waals surface area contributed by atoms with Gasteiger partial charge in [0.2, 0.25) is 5.91 Å². The Morgan fingerprint density at radius 2 is 2.08 bits per heavy atom. The molecule has 1 N–H and O–H groups in total. The largest absolute Gasteiger partial charge is 0.469 e. The monoisotopic (exact) mass is 397 g/mol. The quantitative estimate of drug-likeness (QED) is 0.605. The molecule has 25 heavy (non-hydrogen) atoms. The lowest BCUT2D eigenvalue weighted by Gasteiger charge is -2.11. The maximum atomic E-state index is 12.3. The zero-order chi connectivity index (χ0) is 18.0. The van der Waals surface area contributed by atoms with Crippen molar-refractivity contribution in [3.8, 4) is 11.5 Å². The average molecular weight is 398 g/mol. The highest BCUT2D eigenvalue weighted by atomic mass is 35.5. The minimum atomic E-state index is -0.467. The zero-order valence-corrected chi connectivity index (χ0v) is 15.6. The Hall–Kier alpha value is -1.96. The highest BCUT2D eigenvalue weighted by Crippen LogP contribution is 2.30. The first-order valence-corrected chi connectivity index (χ1v) is 8.88. The van der Waals surface area contributed by atoms with Gasteiger partial charge in [0, 0.05) is 5.02 Å². The third kappa shape index (κ3) is 4.18. The summed E-state index contributed by atoms with van der Waals surface area (Å²) in [6.07, 6.45) is 1.55. The third-order valence-corrected chi connectivity index (χ3v) is 4.81. The SMILES string of the molecule is Cc1occc1-c1nnc(SC(C)C(=O)Nc2ccc(Cl)cc2Cl)o1. The van der Waals surface area contributed by atoms with Gasteiger partial charge in [0.15, 0.2) is 0 Å². The molecule has 0 aliphatic rings. The van der Waals surface area contributed by atoms with Crippen LogP contribution in [0.1, 0.15) is 12.7 Å². The standard InChI is InChI=1S/C16H13Cl2N3O3S/c1-8-11(5-6-23-8)15-20-21-16(24-15)25-9(2)14(22)19-13-4-3-10(17)7-12(13)18/h3-7,9H,1-2H3,(H,19,22). The van der Waals surface area contributed by atoms with Crippen LogP contribution in [0.4, 0.5) is 5.69 Å². The van der Waals surface area contributed by atoms with E-state index in [0.717, 1.165) is 17.3 Å². The fourth-order valence-corrected chi connectivity index (χ4v) is 3.14. The fourth-order valence-electron chi connectivity index (χ4n) is 2.00. The van der Waals surface area contributed by atoms with Crippen molar-refractivity contribution in [3.05, 3.63) is 46.3 Å². The normalized spacial score (nSPS) is 12.2. The molecule has 3 aromatic rings. The first kappa shape index (κ1) is 17.8. The van der Waals surface area contributed by atoms with Crippen molar-refractivity contribution >= 4 is 46.6 Å². The van der Waals surface area contributed by atoms with Crippen molar-refractivity contribution in [2.45, 2.75) is 24.3 Å². The third-order valence-electron chi connectivity index (χ3n) is 3.33. The smallest absolute Gasteiger partial charge is 0.277 e. The van der Waals surface area contributed by atoms with Crippen LogP contribution in [0.5, 0.6) is 0 Å². The first-order valence-electron chi connectivity index (χ1n) is 7.24. The number of aryl methyl sites for hydroxylation is 1. The molecule has 0 saturated carbocycles. The van der Waals surface area contributed by atoms with Gasteiger partial charge in [-0.05, 0) is 38.1 Å². The minimum Gasteiger partial charge on any atom is -0.469 e. The number of aromatic nitrogens is 2. The Kier molecular flexibility index (Phi) is 5.36. The van der Waals surface area contributed by atoms with Crippen molar-refractivity contribution in [2.24, 2.45) is 0 Å². The van der Waals surface area contributed by atoms with E-state index in [1.165, 1.54) is 0 Å². The number of hydrogen-bond acceptors (Lipinski definition) is 6. The molecule has 2 aromatic heterocycles. The molecule has 1 aromatic carbocycles. The summed E-state index contributed by atoms with van der Waals surface area (Å²) in [5.74, 6) is 0.791. The van der Waals surface area contributed by atoms with Gasteiger partial charge in [-0.15, -0.1) is 10.2 Å². The van der Waals surface area contributed by atoms with Crippen molar-refractivity contribution in [1.29, 1.82) is 0 Å². The number of nitrogens with zero attached hydrogens (tertiary/aromatic N) is 2. The summed E-state index contributed by atoms with van der Waals surface area (Å²) in [4.78, 5) is 12.3. The van der Waals surface area contributed by atoms with Gasteiger partial charge in [0.05, 0.1) is 27.8 Å². The van der Waals surface area contributed by atoms with Crippen molar-refractivity contribution in [2.75, 3.05) is 5.32 Å². The summed E-state index contributed by atoms with van der Waals surface area (Å²) >= 11 is 13.1. The summed E-state index contributed by atoms with van der Waals surface area (Å²) in [6.45, 7) is 3.54. The van der Waals surface area contributed by atoms with Crippen LogP contribution in [0.2, 0.25) is 10.0 Å². The molecule has 1 amide bonds. The number of rotatable bonds is 5. The van der Waals surface area contributed by atoms with Gasteiger partial charge >= 0.3 is 0 Å². The highest BCUT2D eigenvalue weighted by molar-refractivity contribution is 8.00. The highest BCUT2D eigenvalue weighted by Gasteiger charge is 2.20. The van der Waals surface area contributed by atoms with E-state index in [-0.39, 0.29) is 5.91 Å². The van der Waals surface area contributed by atoms with E-state index in [1.54, 1.807) is 44.4 Å². The number of benzene rings is 1. The van der Waals surface area contributed by atoms with Crippen LogP contribution in [-0.2, 0) is 4.79 Å². The Morgan fingerprint density at radius 3 is 2.76 bits per heavy atom. The molecule has 0 fully saturated rings. The van der Waals surface area contributed by atoms with Crippen LogP contribution < -0.4 is 5.32 Å². The topological polar surface area (TPSA) is 81.2 Å². The number of halogens is 2. The lowest BCUT2D eigenvalue weighted by atomic mass is 10.3. The molecule has 9 heteroatoms. The van der Waals surface area contributed by atoms with Crippen LogP contribution in [0.25, 0.3) is 11.5 Å². The Bertz CT molecular complexity index is 910. The van der Waals surface area contributed by atoms with Crippen LogP contribution in [-0.4, -0.2) is 21.4 Å². The molecule has 0 aliphatic carbocycles. The van der Waals surface area contributed by atoms with Crippen LogP contribution in [0, 0.1) is 6.92 Å². The zero-order valence-electron chi connectivity index (χ0n) is 13.2. The number of thioether (sulfide) groups is 1. The van der Waals surface area contributed by atoms with Gasteiger partial charge in [-0.1, -0.05) is 35.0 Å². The van der Waals surface area contributed by atoms with Crippen molar-refractivity contribution in [1.82, 2.24) is 10.2 Å². The molecule has 0 radical (unpaired) electrons. The molecule has 0 bridgehead atoms. The van der Waals surface area contributed by atoms with E-state index in [2.05, 4.69) is 15.5 Å². The second-order valence-corrected chi connectivity index (χ2v) is 7.27. The minimum absolute atomic E-state index is 0.242. The van der Waals surface area contributed by atoms with E-state index in [4.69, 9.17) is 32.0 Å². The van der Waals surface area contributed by atoms with Crippen LogP contribution >= 0.6 is 35.0 Å². The predicted molar refractivity (Wildman–Crippen MR) is 97.1 cm³/mol. The lowest BCUT2D eigenvalue weighted by Crippen LogP contribution is -2.22. The molecular weight excluding hydrogens is 385 g/mol. The fraction of sp³-hybridized carbons (Fsp3) is 0.188. The van der Waals surface area contributed by atoms with Gasteiger partial charge in [0.25, 0.3) is 11.1 Å². The van der Waals surface area contributed by atoms with Gasteiger partial charge in [-0.25, -0.2) is 0 Å². The van der Waals surface area contributed by atoms with E-state index in [0.29, 0.717) is 32.6 Å². The van der Waals surface area contributed by atoms with E-state index in [1.807, 2.05) is 0 Å². The van der Waals surface area contributed by atoms with Crippen molar-refractivity contribution < 1.29 is 13.6 Å². The summed E-state index contributed by atoms with van der Waals surface area (Å²) < 4.78 is 10.8. The number of carbonyl (C=O) groups is 1. The molecular formula is C16H13Cl2N3O3S. The van der Waals surface area contributed by atoms with Gasteiger partial charge in [-0.3, -0.25) is 4.79 Å². The molecule has 1 unspecified atom stereocenters. The summed E-state index contributed by atoms with van der Waals surface area (Å²) in [5, 5.41) is 11.4. The molecule has 3 rings (SSSR count).